The molecule has 1 heterocycles. The minimum Gasteiger partial charge on any atom is -0.364 e. The summed E-state index contributed by atoms with van der Waals surface area (Å²) in [5.74, 6) is -0.692. The molecular weight excluding hydrogens is 246 g/mol. The van der Waals surface area contributed by atoms with Crippen LogP contribution in [0.5, 0.6) is 0 Å². The fourth-order valence-corrected chi connectivity index (χ4v) is 1.48. The van der Waals surface area contributed by atoms with Crippen LogP contribution >= 0.6 is 11.6 Å². The highest BCUT2D eigenvalue weighted by Gasteiger charge is 2.04. The first-order chi connectivity index (χ1) is 8.15. The Labute approximate surface area is 102 Å². The smallest absolute Gasteiger partial charge is 0.166 e. The molecule has 0 radical (unpaired) electrons. The van der Waals surface area contributed by atoms with E-state index < -0.39 is 5.82 Å². The number of anilines is 1. The van der Waals surface area contributed by atoms with E-state index in [9.17, 15) is 8.78 Å². The fraction of sp³-hybridized carbons (Fsp3) is 0.0833. The van der Waals surface area contributed by atoms with Crippen LogP contribution in [0.4, 0.5) is 14.6 Å². The maximum Gasteiger partial charge on any atom is 0.166 e. The van der Waals surface area contributed by atoms with E-state index in [2.05, 4.69) is 10.3 Å². The molecule has 0 fully saturated rings. The third-order valence-electron chi connectivity index (χ3n) is 2.18. The highest BCUT2D eigenvalue weighted by molar-refractivity contribution is 6.30. The van der Waals surface area contributed by atoms with Gasteiger partial charge in [-0.2, -0.15) is 0 Å². The Hall–Kier alpha value is -1.68. The summed E-state index contributed by atoms with van der Waals surface area (Å²) in [7, 11) is 0. The Kier molecular flexibility index (Phi) is 3.54. The minimum atomic E-state index is -0.514. The molecular formula is C12H9ClF2N2. The molecule has 0 spiro atoms. The molecule has 1 aromatic carbocycles. The van der Waals surface area contributed by atoms with Crippen LogP contribution in [0.25, 0.3) is 0 Å². The average Bonchev–Trinajstić information content (AvgIpc) is 2.30. The summed E-state index contributed by atoms with van der Waals surface area (Å²) in [6, 6.07) is 7.12. The maximum atomic E-state index is 13.3. The number of nitrogens with zero attached hydrogens (tertiary/aromatic N) is 1. The van der Waals surface area contributed by atoms with Gasteiger partial charge >= 0.3 is 0 Å². The molecule has 0 aliphatic carbocycles. The summed E-state index contributed by atoms with van der Waals surface area (Å²) in [4.78, 5) is 3.82. The van der Waals surface area contributed by atoms with Gasteiger partial charge in [-0.15, -0.1) is 0 Å². The fourth-order valence-electron chi connectivity index (χ4n) is 1.33. The summed E-state index contributed by atoms with van der Waals surface area (Å²) < 4.78 is 26.0. The van der Waals surface area contributed by atoms with Gasteiger partial charge in [0.2, 0.25) is 0 Å². The standard InChI is InChI=1S/C12H9ClF2N2/c13-9-5-11(15)12(17-7-9)16-6-8-1-3-10(14)4-2-8/h1-5,7H,6H2,(H,16,17). The summed E-state index contributed by atoms with van der Waals surface area (Å²) in [6.07, 6.45) is 1.36. The Morgan fingerprint density at radius 3 is 2.53 bits per heavy atom. The topological polar surface area (TPSA) is 24.9 Å². The van der Waals surface area contributed by atoms with Crippen molar-refractivity contribution in [2.75, 3.05) is 5.32 Å². The van der Waals surface area contributed by atoms with Crippen LogP contribution in [0.2, 0.25) is 5.02 Å². The molecule has 0 aliphatic heterocycles. The van der Waals surface area contributed by atoms with Gasteiger partial charge in [-0.1, -0.05) is 23.7 Å². The number of hydrogen-bond donors (Lipinski definition) is 1. The van der Waals surface area contributed by atoms with E-state index in [1.54, 1.807) is 12.1 Å². The van der Waals surface area contributed by atoms with E-state index in [4.69, 9.17) is 11.6 Å². The van der Waals surface area contributed by atoms with Gasteiger partial charge in [0.15, 0.2) is 11.6 Å². The van der Waals surface area contributed by atoms with Crippen molar-refractivity contribution in [3.8, 4) is 0 Å². The van der Waals surface area contributed by atoms with Crippen molar-refractivity contribution in [1.82, 2.24) is 4.98 Å². The highest BCUT2D eigenvalue weighted by Crippen LogP contribution is 2.16. The second kappa shape index (κ2) is 5.10. The van der Waals surface area contributed by atoms with E-state index in [0.717, 1.165) is 5.56 Å². The van der Waals surface area contributed by atoms with Gasteiger partial charge in [0.05, 0.1) is 5.02 Å². The summed E-state index contributed by atoms with van der Waals surface area (Å²) >= 11 is 5.58. The molecule has 0 unspecified atom stereocenters. The third-order valence-corrected chi connectivity index (χ3v) is 2.39. The predicted molar refractivity (Wildman–Crippen MR) is 62.9 cm³/mol. The minimum absolute atomic E-state index is 0.124. The van der Waals surface area contributed by atoms with Crippen molar-refractivity contribution in [3.05, 3.63) is 58.7 Å². The second-order valence-electron chi connectivity index (χ2n) is 3.46. The van der Waals surface area contributed by atoms with Crippen LogP contribution in [0, 0.1) is 11.6 Å². The summed E-state index contributed by atoms with van der Waals surface area (Å²) in [6.45, 7) is 0.367. The highest BCUT2D eigenvalue weighted by atomic mass is 35.5. The summed E-state index contributed by atoms with van der Waals surface area (Å²) in [5.41, 5.74) is 0.836. The van der Waals surface area contributed by atoms with Crippen LogP contribution in [0.1, 0.15) is 5.56 Å². The lowest BCUT2D eigenvalue weighted by Gasteiger charge is -2.06. The van der Waals surface area contributed by atoms with Gasteiger partial charge in [-0.25, -0.2) is 13.8 Å². The van der Waals surface area contributed by atoms with Crippen molar-refractivity contribution in [2.45, 2.75) is 6.54 Å². The van der Waals surface area contributed by atoms with Crippen molar-refractivity contribution in [2.24, 2.45) is 0 Å². The third kappa shape index (κ3) is 3.14. The SMILES string of the molecule is Fc1ccc(CNc2ncc(Cl)cc2F)cc1. The zero-order valence-electron chi connectivity index (χ0n) is 8.75. The number of nitrogens with one attached hydrogen (secondary N) is 1. The first kappa shape index (κ1) is 11.8. The van der Waals surface area contributed by atoms with E-state index in [0.29, 0.717) is 6.54 Å². The van der Waals surface area contributed by atoms with E-state index in [-0.39, 0.29) is 16.7 Å². The van der Waals surface area contributed by atoms with Gasteiger partial charge in [0, 0.05) is 12.7 Å². The molecule has 1 N–H and O–H groups in total. The van der Waals surface area contributed by atoms with Gasteiger partial charge < -0.3 is 5.32 Å². The van der Waals surface area contributed by atoms with E-state index in [1.807, 2.05) is 0 Å². The number of halogens is 3. The maximum absolute atomic E-state index is 13.3. The van der Waals surface area contributed by atoms with Crippen LogP contribution < -0.4 is 5.32 Å². The summed E-state index contributed by atoms with van der Waals surface area (Å²) in [5, 5.41) is 3.05. The number of aromatic nitrogens is 1. The van der Waals surface area contributed by atoms with Crippen molar-refractivity contribution < 1.29 is 8.78 Å². The zero-order chi connectivity index (χ0) is 12.3. The zero-order valence-corrected chi connectivity index (χ0v) is 9.51. The Morgan fingerprint density at radius 1 is 1.18 bits per heavy atom. The van der Waals surface area contributed by atoms with Crippen molar-refractivity contribution in [3.63, 3.8) is 0 Å². The molecule has 2 rings (SSSR count). The van der Waals surface area contributed by atoms with Crippen LogP contribution in [-0.2, 0) is 6.54 Å². The first-order valence-electron chi connectivity index (χ1n) is 4.94. The molecule has 88 valence electrons. The second-order valence-corrected chi connectivity index (χ2v) is 3.90. The number of hydrogen-bond acceptors (Lipinski definition) is 2. The lowest BCUT2D eigenvalue weighted by molar-refractivity contribution is 0.623. The van der Waals surface area contributed by atoms with Crippen molar-refractivity contribution in [1.29, 1.82) is 0 Å². The van der Waals surface area contributed by atoms with Crippen LogP contribution in [0.3, 0.4) is 0 Å². The quantitative estimate of drug-likeness (QED) is 0.905. The molecule has 1 aromatic heterocycles. The monoisotopic (exact) mass is 254 g/mol. The van der Waals surface area contributed by atoms with Crippen molar-refractivity contribution >= 4 is 17.4 Å². The van der Waals surface area contributed by atoms with E-state index >= 15 is 0 Å². The Balaban J connectivity index is 2.04. The predicted octanol–water partition coefficient (Wildman–Crippen LogP) is 3.63. The van der Waals surface area contributed by atoms with Crippen LogP contribution in [-0.4, -0.2) is 4.98 Å². The molecule has 2 nitrogen and oxygen atoms in total. The van der Waals surface area contributed by atoms with Crippen LogP contribution in [0.15, 0.2) is 36.5 Å². The van der Waals surface area contributed by atoms with Gasteiger partial charge in [-0.3, -0.25) is 0 Å². The molecule has 0 atom stereocenters. The average molecular weight is 255 g/mol. The number of benzene rings is 1. The molecule has 0 amide bonds. The molecule has 17 heavy (non-hydrogen) atoms. The normalized spacial score (nSPS) is 10.3. The first-order valence-corrected chi connectivity index (χ1v) is 5.32. The van der Waals surface area contributed by atoms with Gasteiger partial charge in [-0.05, 0) is 23.8 Å². The number of pyridine rings is 1. The molecule has 0 saturated heterocycles. The Bertz CT molecular complexity index is 514. The molecule has 0 saturated carbocycles. The molecule has 5 heteroatoms. The lowest BCUT2D eigenvalue weighted by Crippen LogP contribution is -2.03. The van der Waals surface area contributed by atoms with Gasteiger partial charge in [0.1, 0.15) is 5.82 Å². The molecule has 0 aliphatic rings. The Morgan fingerprint density at radius 2 is 1.88 bits per heavy atom. The molecule has 0 bridgehead atoms. The number of rotatable bonds is 3. The van der Waals surface area contributed by atoms with E-state index in [1.165, 1.54) is 24.4 Å². The lowest BCUT2D eigenvalue weighted by atomic mass is 10.2. The molecule has 2 aromatic rings. The largest absolute Gasteiger partial charge is 0.364 e. The van der Waals surface area contributed by atoms with Gasteiger partial charge in [0.25, 0.3) is 0 Å².